The molecule has 2 aliphatic rings. The zero-order chi connectivity index (χ0) is 13.0. The second kappa shape index (κ2) is 6.58. The molecule has 0 amide bonds. The fraction of sp³-hybridized carbons (Fsp3) is 0.867. The summed E-state index contributed by atoms with van der Waals surface area (Å²) in [4.78, 5) is 5.30. The topological polar surface area (TPSA) is 18.5 Å². The van der Waals surface area contributed by atoms with Gasteiger partial charge in [0, 0.05) is 30.9 Å². The maximum Gasteiger partial charge on any atom is 0.0282 e. The number of nitrogens with one attached hydrogen (secondary N) is 1. The number of hydrogen-bond acceptors (Lipinski definition) is 3. The van der Waals surface area contributed by atoms with Crippen molar-refractivity contribution in [2.45, 2.75) is 51.6 Å². The van der Waals surface area contributed by atoms with E-state index in [0.717, 1.165) is 11.7 Å². The molecule has 0 atom stereocenters. The van der Waals surface area contributed by atoms with Crippen LogP contribution in [0.2, 0.25) is 0 Å². The quantitative estimate of drug-likeness (QED) is 0.825. The average molecular weight is 251 g/mol. The Balaban J connectivity index is 1.71. The average Bonchev–Trinajstić information content (AvgIpc) is 2.39. The molecule has 2 rings (SSSR count). The normalized spacial score (nSPS) is 25.2. The van der Waals surface area contributed by atoms with Crippen molar-refractivity contribution in [2.75, 3.05) is 32.7 Å². The smallest absolute Gasteiger partial charge is 0.0282 e. The van der Waals surface area contributed by atoms with Gasteiger partial charge in [0.2, 0.25) is 0 Å². The van der Waals surface area contributed by atoms with Crippen LogP contribution in [0.5, 0.6) is 0 Å². The maximum atomic E-state index is 3.95. The van der Waals surface area contributed by atoms with Gasteiger partial charge in [-0.3, -0.25) is 0 Å². The van der Waals surface area contributed by atoms with Crippen LogP contribution in [-0.4, -0.2) is 54.6 Å². The molecule has 0 bridgehead atoms. The zero-order valence-corrected chi connectivity index (χ0v) is 12.1. The Morgan fingerprint density at radius 3 is 2.22 bits per heavy atom. The highest BCUT2D eigenvalue weighted by molar-refractivity contribution is 4.92. The maximum absolute atomic E-state index is 3.95. The van der Waals surface area contributed by atoms with Crippen molar-refractivity contribution < 1.29 is 0 Å². The second-order valence-electron chi connectivity index (χ2n) is 5.90. The van der Waals surface area contributed by atoms with E-state index >= 15 is 0 Å². The molecule has 0 aromatic carbocycles. The van der Waals surface area contributed by atoms with Crippen LogP contribution < -0.4 is 5.32 Å². The Labute approximate surface area is 112 Å². The van der Waals surface area contributed by atoms with Gasteiger partial charge in [0.05, 0.1) is 0 Å². The van der Waals surface area contributed by atoms with E-state index in [0.29, 0.717) is 6.04 Å². The van der Waals surface area contributed by atoms with Crippen molar-refractivity contribution in [1.29, 1.82) is 0 Å². The van der Waals surface area contributed by atoms with Crippen LogP contribution >= 0.6 is 0 Å². The molecule has 3 nitrogen and oxygen atoms in total. The van der Waals surface area contributed by atoms with Gasteiger partial charge < -0.3 is 15.1 Å². The molecule has 0 aromatic rings. The van der Waals surface area contributed by atoms with E-state index in [9.17, 15) is 0 Å². The van der Waals surface area contributed by atoms with Gasteiger partial charge in [-0.1, -0.05) is 13.5 Å². The minimum atomic E-state index is 0.662. The number of likely N-dealkylation sites (tertiary alicyclic amines) is 2. The van der Waals surface area contributed by atoms with Crippen molar-refractivity contribution in [1.82, 2.24) is 15.1 Å². The molecule has 0 aromatic heterocycles. The Kier molecular flexibility index (Phi) is 5.07. The van der Waals surface area contributed by atoms with Crippen molar-refractivity contribution in [3.05, 3.63) is 12.3 Å². The number of nitrogens with zero attached hydrogens (tertiary/aromatic N) is 2. The molecule has 0 saturated carbocycles. The lowest BCUT2D eigenvalue weighted by Crippen LogP contribution is -2.50. The lowest BCUT2D eigenvalue weighted by molar-refractivity contribution is 0.0869. The van der Waals surface area contributed by atoms with Crippen molar-refractivity contribution >= 4 is 0 Å². The minimum absolute atomic E-state index is 0.662. The number of hydrogen-bond donors (Lipinski definition) is 1. The van der Waals surface area contributed by atoms with Crippen LogP contribution in [0.3, 0.4) is 0 Å². The fourth-order valence-corrected chi connectivity index (χ4v) is 3.36. The summed E-state index contributed by atoms with van der Waals surface area (Å²) in [6, 6.07) is 1.51. The first-order valence-corrected chi connectivity index (χ1v) is 7.57. The Morgan fingerprint density at radius 1 is 1.11 bits per heavy atom. The lowest BCUT2D eigenvalue weighted by Gasteiger charge is -2.42. The van der Waals surface area contributed by atoms with Crippen LogP contribution in [0, 0.1) is 0 Å². The first kappa shape index (κ1) is 13.9. The van der Waals surface area contributed by atoms with Gasteiger partial charge in [0.1, 0.15) is 0 Å². The third-order valence-corrected chi connectivity index (χ3v) is 4.50. The first-order valence-electron chi connectivity index (χ1n) is 7.57. The molecular weight excluding hydrogens is 222 g/mol. The van der Waals surface area contributed by atoms with E-state index in [1.54, 1.807) is 0 Å². The van der Waals surface area contributed by atoms with Gasteiger partial charge in [0.25, 0.3) is 0 Å². The molecule has 3 heteroatoms. The molecule has 2 heterocycles. The van der Waals surface area contributed by atoms with E-state index in [-0.39, 0.29) is 0 Å². The number of piperidine rings is 2. The molecule has 0 spiro atoms. The van der Waals surface area contributed by atoms with E-state index in [4.69, 9.17) is 0 Å². The highest BCUT2D eigenvalue weighted by atomic mass is 15.2. The van der Waals surface area contributed by atoms with Gasteiger partial charge in [-0.25, -0.2) is 0 Å². The molecule has 1 N–H and O–H groups in total. The summed E-state index contributed by atoms with van der Waals surface area (Å²) in [5, 5.41) is 3.49. The summed E-state index contributed by atoms with van der Waals surface area (Å²) in [5.74, 6) is 0. The van der Waals surface area contributed by atoms with Gasteiger partial charge >= 0.3 is 0 Å². The predicted octanol–water partition coefficient (Wildman–Crippen LogP) is 2.06. The molecule has 2 saturated heterocycles. The van der Waals surface area contributed by atoms with Gasteiger partial charge in [0.15, 0.2) is 0 Å². The fourth-order valence-electron chi connectivity index (χ4n) is 3.36. The van der Waals surface area contributed by atoms with E-state index in [2.05, 4.69) is 35.5 Å². The van der Waals surface area contributed by atoms with Gasteiger partial charge in [-0.15, -0.1) is 0 Å². The molecule has 2 fully saturated rings. The van der Waals surface area contributed by atoms with E-state index in [1.165, 1.54) is 58.4 Å². The van der Waals surface area contributed by atoms with Crippen LogP contribution in [0.4, 0.5) is 0 Å². The SMILES string of the molecule is C=C(C)NC1CCN(C2CCN(CC)CC2)CC1. The Bertz CT molecular complexity index is 261. The monoisotopic (exact) mass is 251 g/mol. The van der Waals surface area contributed by atoms with Gasteiger partial charge in [-0.05, 0) is 52.2 Å². The minimum Gasteiger partial charge on any atom is -0.386 e. The molecule has 0 radical (unpaired) electrons. The highest BCUT2D eigenvalue weighted by Crippen LogP contribution is 2.21. The Morgan fingerprint density at radius 2 is 1.72 bits per heavy atom. The summed E-state index contributed by atoms with van der Waals surface area (Å²) >= 11 is 0. The Hall–Kier alpha value is -0.540. The number of allylic oxidation sites excluding steroid dienone is 1. The van der Waals surface area contributed by atoms with Gasteiger partial charge in [-0.2, -0.15) is 0 Å². The third-order valence-electron chi connectivity index (χ3n) is 4.50. The lowest BCUT2D eigenvalue weighted by atomic mass is 9.98. The molecule has 104 valence electrons. The molecule has 18 heavy (non-hydrogen) atoms. The van der Waals surface area contributed by atoms with Crippen LogP contribution in [0.15, 0.2) is 12.3 Å². The van der Waals surface area contributed by atoms with Crippen molar-refractivity contribution in [3.8, 4) is 0 Å². The van der Waals surface area contributed by atoms with E-state index < -0.39 is 0 Å². The van der Waals surface area contributed by atoms with Crippen LogP contribution in [-0.2, 0) is 0 Å². The molecule has 0 unspecified atom stereocenters. The van der Waals surface area contributed by atoms with Crippen LogP contribution in [0.1, 0.15) is 39.5 Å². The third kappa shape index (κ3) is 3.72. The summed E-state index contributed by atoms with van der Waals surface area (Å²) in [5.41, 5.74) is 1.12. The first-order chi connectivity index (χ1) is 8.69. The summed E-state index contributed by atoms with van der Waals surface area (Å²) < 4.78 is 0. The van der Waals surface area contributed by atoms with Crippen LogP contribution in [0.25, 0.3) is 0 Å². The summed E-state index contributed by atoms with van der Waals surface area (Å²) in [7, 11) is 0. The van der Waals surface area contributed by atoms with E-state index in [1.807, 2.05) is 0 Å². The molecule has 2 aliphatic heterocycles. The summed E-state index contributed by atoms with van der Waals surface area (Å²) in [6.07, 6.45) is 5.29. The largest absolute Gasteiger partial charge is 0.386 e. The van der Waals surface area contributed by atoms with Crippen molar-refractivity contribution in [2.24, 2.45) is 0 Å². The van der Waals surface area contributed by atoms with Crippen molar-refractivity contribution in [3.63, 3.8) is 0 Å². The predicted molar refractivity (Wildman–Crippen MR) is 77.7 cm³/mol. The molecule has 0 aliphatic carbocycles. The zero-order valence-electron chi connectivity index (χ0n) is 12.1. The summed E-state index contributed by atoms with van der Waals surface area (Å²) in [6.45, 7) is 14.6. The molecular formula is C15H29N3. The highest BCUT2D eigenvalue weighted by Gasteiger charge is 2.27. The number of rotatable bonds is 4. The second-order valence-corrected chi connectivity index (χ2v) is 5.90. The standard InChI is InChI=1S/C15H29N3/c1-4-17-9-7-15(8-10-17)18-11-5-14(6-12-18)16-13(2)3/h14-16H,2,4-12H2,1,3H3.